The third-order valence-corrected chi connectivity index (χ3v) is 7.18. The van der Waals surface area contributed by atoms with E-state index in [1.54, 1.807) is 0 Å². The van der Waals surface area contributed by atoms with Crippen molar-refractivity contribution in [1.82, 2.24) is 0 Å². The first-order chi connectivity index (χ1) is 11.5. The van der Waals surface area contributed by atoms with Crippen LogP contribution in [0, 0.1) is 0 Å². The van der Waals surface area contributed by atoms with Crippen LogP contribution in [-0.4, -0.2) is 51.9 Å². The fourth-order valence-corrected chi connectivity index (χ4v) is 7.28. The highest BCUT2D eigenvalue weighted by molar-refractivity contribution is 7.91. The van der Waals surface area contributed by atoms with Gasteiger partial charge in [-0.25, -0.2) is 0 Å². The Hall–Kier alpha value is -1.37. The Bertz CT molecular complexity index is 1250. The second kappa shape index (κ2) is 6.90. The van der Waals surface area contributed by atoms with Crippen molar-refractivity contribution in [2.45, 2.75) is 19.6 Å². The van der Waals surface area contributed by atoms with Gasteiger partial charge in [0.2, 0.25) is 0 Å². The number of hydrogen-bond donors (Lipinski definition) is 4. The van der Waals surface area contributed by atoms with E-state index >= 15 is 0 Å². The molecule has 17 heteroatoms. The molecule has 0 aliphatic rings. The predicted molar refractivity (Wildman–Crippen MR) is 90.5 cm³/mol. The average molecular weight is 485 g/mol. The highest BCUT2D eigenvalue weighted by atomic mass is 35.5. The van der Waals surface area contributed by atoms with Crippen molar-refractivity contribution in [2.24, 2.45) is 0 Å². The van der Waals surface area contributed by atoms with Gasteiger partial charge in [0.25, 0.3) is 40.5 Å². The van der Waals surface area contributed by atoms with Gasteiger partial charge in [-0.3, -0.25) is 18.2 Å². The summed E-state index contributed by atoms with van der Waals surface area (Å²) in [5.74, 6) is 0. The Balaban J connectivity index is 0.00000364. The molecule has 0 amide bonds. The zero-order valence-electron chi connectivity index (χ0n) is 12.4. The van der Waals surface area contributed by atoms with Gasteiger partial charge in [-0.15, -0.1) is 12.4 Å². The summed E-state index contributed by atoms with van der Waals surface area (Å²) in [5, 5.41) is -1.72. The molecule has 27 heavy (non-hydrogen) atoms. The van der Waals surface area contributed by atoms with Gasteiger partial charge in [-0.1, -0.05) is 24.3 Å². The number of halogens is 1. The highest BCUT2D eigenvalue weighted by Crippen LogP contribution is 2.40. The average Bonchev–Trinajstić information content (AvgIpc) is 2.40. The van der Waals surface area contributed by atoms with Gasteiger partial charge >= 0.3 is 0 Å². The van der Waals surface area contributed by atoms with Crippen LogP contribution < -0.4 is 0 Å². The second-order valence-electron chi connectivity index (χ2n) is 4.76. The summed E-state index contributed by atoms with van der Waals surface area (Å²) in [6, 6.07) is 3.67. The van der Waals surface area contributed by atoms with E-state index in [9.17, 15) is 51.9 Å². The molecule has 0 aromatic heterocycles. The molecule has 0 saturated heterocycles. The zero-order chi connectivity index (χ0) is 20.3. The SMILES string of the molecule is Cl.O=S(=O)(O)c1c(S(=O)(=O)O)c(S(=O)(=O)O)c2ccccc2c1S(=O)(=O)O. The third-order valence-electron chi connectivity index (χ3n) is 3.07. The molecule has 0 aliphatic carbocycles. The number of fused-ring (bicyclic) bond motifs is 1. The third kappa shape index (κ3) is 4.39. The summed E-state index contributed by atoms with van der Waals surface area (Å²) in [7, 11) is -22.9. The van der Waals surface area contributed by atoms with Crippen LogP contribution >= 0.6 is 12.4 Å². The Morgan fingerprint density at radius 1 is 0.481 bits per heavy atom. The van der Waals surface area contributed by atoms with Crippen LogP contribution in [0.1, 0.15) is 0 Å². The molecular weight excluding hydrogens is 476 g/mol. The normalized spacial score (nSPS) is 13.3. The van der Waals surface area contributed by atoms with Crippen LogP contribution in [0.3, 0.4) is 0 Å². The quantitative estimate of drug-likeness (QED) is 0.429. The van der Waals surface area contributed by atoms with Crippen molar-refractivity contribution in [3.8, 4) is 0 Å². The number of hydrogen-bond acceptors (Lipinski definition) is 8. The summed E-state index contributed by atoms with van der Waals surface area (Å²) in [6.07, 6.45) is 0. The summed E-state index contributed by atoms with van der Waals surface area (Å²) >= 11 is 0. The molecule has 0 radical (unpaired) electrons. The molecule has 0 spiro atoms. The van der Waals surface area contributed by atoms with E-state index in [0.29, 0.717) is 0 Å². The molecule has 0 heterocycles. The monoisotopic (exact) mass is 484 g/mol. The van der Waals surface area contributed by atoms with E-state index in [0.717, 1.165) is 24.3 Å². The molecule has 0 fully saturated rings. The van der Waals surface area contributed by atoms with Gasteiger partial charge in [0.15, 0.2) is 0 Å². The van der Waals surface area contributed by atoms with Gasteiger partial charge in [-0.05, 0) is 0 Å². The minimum absolute atomic E-state index is 0. The fraction of sp³-hybridized carbons (Fsp3) is 0. The molecule has 12 nitrogen and oxygen atoms in total. The number of benzene rings is 2. The van der Waals surface area contributed by atoms with Gasteiger partial charge in [0.1, 0.15) is 19.6 Å². The second-order valence-corrected chi connectivity index (χ2v) is 10.2. The number of rotatable bonds is 4. The summed E-state index contributed by atoms with van der Waals surface area (Å²) in [5.41, 5.74) is 0. The van der Waals surface area contributed by atoms with Crippen LogP contribution in [0.2, 0.25) is 0 Å². The first-order valence-electron chi connectivity index (χ1n) is 5.96. The summed E-state index contributed by atoms with van der Waals surface area (Å²) in [4.78, 5) is -7.66. The molecule has 4 N–H and O–H groups in total. The smallest absolute Gasteiger partial charge is 0.282 e. The maximum absolute atomic E-state index is 11.6. The minimum atomic E-state index is -5.86. The zero-order valence-corrected chi connectivity index (χ0v) is 16.5. The van der Waals surface area contributed by atoms with E-state index in [-0.39, 0.29) is 12.4 Å². The van der Waals surface area contributed by atoms with Crippen molar-refractivity contribution in [1.29, 1.82) is 0 Å². The van der Waals surface area contributed by atoms with Crippen molar-refractivity contribution in [2.75, 3.05) is 0 Å². The van der Waals surface area contributed by atoms with Gasteiger partial charge in [0, 0.05) is 10.8 Å². The standard InChI is InChI=1S/C10H8O12S4.ClH/c11-23(12,13)7-5-3-1-2-4-6(5)8(24(14,15)16)10(26(20,21)22)9(7)25(17,18)19;/h1-4H,(H,11,12,13)(H,14,15,16)(H,17,18,19)(H,20,21,22);1H. The van der Waals surface area contributed by atoms with Crippen LogP contribution in [0.5, 0.6) is 0 Å². The van der Waals surface area contributed by atoms with Crippen molar-refractivity contribution in [3.63, 3.8) is 0 Å². The van der Waals surface area contributed by atoms with E-state index in [4.69, 9.17) is 0 Å². The van der Waals surface area contributed by atoms with Crippen LogP contribution in [0.25, 0.3) is 10.8 Å². The van der Waals surface area contributed by atoms with E-state index in [1.807, 2.05) is 0 Å². The fourth-order valence-electron chi connectivity index (χ4n) is 2.31. The maximum Gasteiger partial charge on any atom is 0.297 e. The van der Waals surface area contributed by atoms with Gasteiger partial charge in [0.05, 0.1) is 0 Å². The first-order valence-corrected chi connectivity index (χ1v) is 11.7. The predicted octanol–water partition coefficient (Wildman–Crippen LogP) is 0.248. The molecule has 0 saturated carbocycles. The van der Waals surface area contributed by atoms with Gasteiger partial charge in [-0.2, -0.15) is 33.7 Å². The summed E-state index contributed by atoms with van der Waals surface area (Å²) in [6.45, 7) is 0. The summed E-state index contributed by atoms with van der Waals surface area (Å²) < 4.78 is 130. The Labute approximate surface area is 159 Å². The molecule has 0 unspecified atom stereocenters. The van der Waals surface area contributed by atoms with E-state index in [1.165, 1.54) is 0 Å². The van der Waals surface area contributed by atoms with Crippen molar-refractivity contribution in [3.05, 3.63) is 24.3 Å². The van der Waals surface area contributed by atoms with Crippen LogP contribution in [0.15, 0.2) is 43.8 Å². The van der Waals surface area contributed by atoms with E-state index in [2.05, 4.69) is 0 Å². The van der Waals surface area contributed by atoms with Crippen LogP contribution in [0.4, 0.5) is 0 Å². The largest absolute Gasteiger partial charge is 0.297 e. The Morgan fingerprint density at radius 2 is 0.704 bits per heavy atom. The molecule has 152 valence electrons. The van der Waals surface area contributed by atoms with Gasteiger partial charge < -0.3 is 0 Å². The molecule has 2 rings (SSSR count). The maximum atomic E-state index is 11.6. The van der Waals surface area contributed by atoms with Crippen LogP contribution in [-0.2, 0) is 40.5 Å². The first kappa shape index (κ1) is 23.7. The lowest BCUT2D eigenvalue weighted by Gasteiger charge is -2.16. The Kier molecular flexibility index (Phi) is 6.05. The van der Waals surface area contributed by atoms with Crippen molar-refractivity contribution < 1.29 is 51.9 Å². The highest BCUT2D eigenvalue weighted by Gasteiger charge is 2.40. The molecule has 0 aliphatic heterocycles. The Morgan fingerprint density at radius 3 is 0.889 bits per heavy atom. The molecule has 2 aromatic rings. The van der Waals surface area contributed by atoms with Crippen molar-refractivity contribution >= 4 is 63.7 Å². The molecular formula is C10H9ClO12S4. The molecule has 0 bridgehead atoms. The lowest BCUT2D eigenvalue weighted by molar-refractivity contribution is 0.449. The lowest BCUT2D eigenvalue weighted by atomic mass is 10.1. The molecule has 2 aromatic carbocycles. The molecule has 0 atom stereocenters. The van der Waals surface area contributed by atoms with E-state index < -0.39 is 70.8 Å². The lowest BCUT2D eigenvalue weighted by Crippen LogP contribution is -2.19. The topological polar surface area (TPSA) is 217 Å². The minimum Gasteiger partial charge on any atom is -0.282 e.